The first-order valence-corrected chi connectivity index (χ1v) is 2.06. The third-order valence-electron chi connectivity index (χ3n) is 0.458. The van der Waals surface area contributed by atoms with Crippen LogP contribution in [0.4, 0.5) is 4.79 Å². The molecule has 0 spiro atoms. The molecule has 0 atom stereocenters. The normalized spacial score (nSPS) is 8.62. The third kappa shape index (κ3) is 5.19. The molecular weight excluding hydrogens is 112 g/mol. The highest BCUT2D eigenvalue weighted by Crippen LogP contribution is 1.68. The van der Waals surface area contributed by atoms with Gasteiger partial charge in [0.15, 0.2) is 0 Å². The summed E-state index contributed by atoms with van der Waals surface area (Å²) < 4.78 is 4.20. The molecule has 0 rings (SSSR count). The van der Waals surface area contributed by atoms with Crippen molar-refractivity contribution in [2.24, 2.45) is 5.73 Å². The summed E-state index contributed by atoms with van der Waals surface area (Å²) in [6, 6.07) is 0. The van der Waals surface area contributed by atoms with Gasteiger partial charge >= 0.3 is 6.09 Å². The van der Waals surface area contributed by atoms with Gasteiger partial charge in [0, 0.05) is 0 Å². The predicted octanol–water partition coefficient (Wildman–Crippen LogP) is -0.940. The van der Waals surface area contributed by atoms with E-state index in [9.17, 15) is 4.79 Å². The van der Waals surface area contributed by atoms with Crippen LogP contribution < -0.4 is 11.2 Å². The number of amides is 1. The van der Waals surface area contributed by atoms with Crippen LogP contribution in [0.25, 0.3) is 0 Å². The zero-order chi connectivity index (χ0) is 6.41. The average molecular weight is 120 g/mol. The van der Waals surface area contributed by atoms with Crippen LogP contribution in [0.2, 0.25) is 0 Å². The van der Waals surface area contributed by atoms with Crippen molar-refractivity contribution in [1.29, 1.82) is 0 Å². The minimum absolute atomic E-state index is 0.0891. The summed E-state index contributed by atoms with van der Waals surface area (Å²) in [5.41, 5.74) is 6.35. The zero-order valence-electron chi connectivity index (χ0n) is 4.26. The Morgan fingerprint density at radius 1 is 1.88 bits per heavy atom. The molecule has 0 aromatic heterocycles. The van der Waals surface area contributed by atoms with Crippen LogP contribution in [0, 0.1) is 0 Å². The van der Waals surface area contributed by atoms with Gasteiger partial charge in [-0.15, -0.1) is 0 Å². The highest BCUT2D eigenvalue weighted by Gasteiger charge is 1.88. The topological polar surface area (TPSA) is 84.6 Å². The molecule has 0 radical (unpaired) electrons. The minimum Gasteiger partial charge on any atom is -0.448 e. The molecule has 0 aliphatic carbocycles. The second kappa shape index (κ2) is 4.35. The fourth-order valence-electron chi connectivity index (χ4n) is 0.197. The van der Waals surface area contributed by atoms with Crippen LogP contribution in [-0.2, 0) is 4.74 Å². The Balaban J connectivity index is 2.82. The molecule has 8 heavy (non-hydrogen) atoms. The molecule has 0 aromatic rings. The van der Waals surface area contributed by atoms with Gasteiger partial charge in [0.2, 0.25) is 0 Å². The van der Waals surface area contributed by atoms with E-state index >= 15 is 0 Å². The lowest BCUT2D eigenvalue weighted by Gasteiger charge is -1.96. The molecule has 4 N–H and O–H groups in total. The molecule has 0 unspecified atom stereocenters. The van der Waals surface area contributed by atoms with Gasteiger partial charge in [0.25, 0.3) is 0 Å². The van der Waals surface area contributed by atoms with Gasteiger partial charge in [-0.05, 0) is 0 Å². The third-order valence-corrected chi connectivity index (χ3v) is 0.458. The predicted molar refractivity (Wildman–Crippen MR) is 25.3 cm³/mol. The van der Waals surface area contributed by atoms with Crippen molar-refractivity contribution in [2.75, 3.05) is 13.2 Å². The van der Waals surface area contributed by atoms with Crippen molar-refractivity contribution in [3.05, 3.63) is 0 Å². The van der Waals surface area contributed by atoms with Crippen molar-refractivity contribution in [3.8, 4) is 0 Å². The number of hydroxylamine groups is 1. The molecular formula is C3H8N2O3. The number of nitrogens with one attached hydrogen (secondary N) is 1. The SMILES string of the molecule is NC(=O)OCCNO. The quantitative estimate of drug-likeness (QED) is 0.331. The molecule has 0 aliphatic heterocycles. The molecule has 0 aromatic carbocycles. The van der Waals surface area contributed by atoms with Gasteiger partial charge < -0.3 is 15.7 Å². The van der Waals surface area contributed by atoms with E-state index in [4.69, 9.17) is 5.21 Å². The average Bonchev–Trinajstić information content (AvgIpc) is 1.66. The first-order chi connectivity index (χ1) is 3.77. The number of hydrogen-bond acceptors (Lipinski definition) is 4. The maximum atomic E-state index is 9.76. The van der Waals surface area contributed by atoms with Gasteiger partial charge in [-0.2, -0.15) is 0 Å². The number of primary amides is 1. The van der Waals surface area contributed by atoms with Gasteiger partial charge in [-0.25, -0.2) is 10.3 Å². The monoisotopic (exact) mass is 120 g/mol. The van der Waals surface area contributed by atoms with E-state index in [-0.39, 0.29) is 13.2 Å². The molecule has 0 saturated heterocycles. The Kier molecular flexibility index (Phi) is 3.91. The Morgan fingerprint density at radius 2 is 2.50 bits per heavy atom. The van der Waals surface area contributed by atoms with Crippen molar-refractivity contribution in [3.63, 3.8) is 0 Å². The largest absolute Gasteiger partial charge is 0.448 e. The molecule has 0 heterocycles. The summed E-state index contributed by atoms with van der Waals surface area (Å²) in [4.78, 5) is 9.76. The molecule has 0 aliphatic rings. The Labute approximate surface area is 46.4 Å². The Bertz CT molecular complexity index is 74.9. The fourth-order valence-corrected chi connectivity index (χ4v) is 0.197. The standard InChI is InChI=1S/C3H8N2O3/c4-3(6)8-2-1-5-7/h5,7H,1-2H2,(H2,4,6). The molecule has 0 fully saturated rings. The van der Waals surface area contributed by atoms with Crippen LogP contribution in [-0.4, -0.2) is 24.5 Å². The summed E-state index contributed by atoms with van der Waals surface area (Å²) in [5, 5.41) is 7.90. The van der Waals surface area contributed by atoms with Crippen molar-refractivity contribution in [2.45, 2.75) is 0 Å². The summed E-state index contributed by atoms with van der Waals surface area (Å²) in [5.74, 6) is 0. The smallest absolute Gasteiger partial charge is 0.404 e. The Morgan fingerprint density at radius 3 is 2.88 bits per heavy atom. The van der Waals surface area contributed by atoms with Crippen LogP contribution in [0.15, 0.2) is 0 Å². The lowest BCUT2D eigenvalue weighted by molar-refractivity contribution is 0.117. The molecule has 1 amide bonds. The second-order valence-corrected chi connectivity index (χ2v) is 1.08. The van der Waals surface area contributed by atoms with Crippen LogP contribution in [0.3, 0.4) is 0 Å². The first kappa shape index (κ1) is 7.19. The lowest BCUT2D eigenvalue weighted by atomic mass is 10.7. The van der Waals surface area contributed by atoms with Crippen molar-refractivity contribution < 1.29 is 14.7 Å². The summed E-state index contributed by atoms with van der Waals surface area (Å²) >= 11 is 0. The number of ether oxygens (including phenoxy) is 1. The van der Waals surface area contributed by atoms with E-state index in [0.717, 1.165) is 0 Å². The van der Waals surface area contributed by atoms with Crippen LogP contribution >= 0.6 is 0 Å². The summed E-state index contributed by atoms with van der Waals surface area (Å²) in [7, 11) is 0. The lowest BCUT2D eigenvalue weighted by Crippen LogP contribution is -2.20. The van der Waals surface area contributed by atoms with Crippen molar-refractivity contribution >= 4 is 6.09 Å². The molecule has 5 nitrogen and oxygen atoms in total. The first-order valence-electron chi connectivity index (χ1n) is 2.06. The van der Waals surface area contributed by atoms with E-state index in [0.29, 0.717) is 0 Å². The number of carbonyl (C=O) groups is 1. The zero-order valence-corrected chi connectivity index (χ0v) is 4.26. The molecule has 5 heteroatoms. The fraction of sp³-hybridized carbons (Fsp3) is 0.667. The van der Waals surface area contributed by atoms with Gasteiger partial charge in [0.1, 0.15) is 6.61 Å². The maximum Gasteiger partial charge on any atom is 0.404 e. The summed E-state index contributed by atoms with van der Waals surface area (Å²) in [6.45, 7) is 0.286. The molecule has 48 valence electrons. The van der Waals surface area contributed by atoms with Gasteiger partial charge in [0.05, 0.1) is 6.54 Å². The highest BCUT2D eigenvalue weighted by molar-refractivity contribution is 5.64. The number of carbonyl (C=O) groups excluding carboxylic acids is 1. The van der Waals surface area contributed by atoms with E-state index < -0.39 is 6.09 Å². The minimum atomic E-state index is -0.833. The van der Waals surface area contributed by atoms with Crippen LogP contribution in [0.1, 0.15) is 0 Å². The highest BCUT2D eigenvalue weighted by atomic mass is 16.5. The Hall–Kier alpha value is -0.810. The van der Waals surface area contributed by atoms with Gasteiger partial charge in [-0.3, -0.25) is 0 Å². The number of rotatable bonds is 3. The second-order valence-electron chi connectivity index (χ2n) is 1.08. The maximum absolute atomic E-state index is 9.76. The molecule has 0 bridgehead atoms. The van der Waals surface area contributed by atoms with E-state index in [1.807, 2.05) is 0 Å². The molecule has 0 saturated carbocycles. The van der Waals surface area contributed by atoms with E-state index in [1.165, 1.54) is 0 Å². The van der Waals surface area contributed by atoms with Crippen LogP contribution in [0.5, 0.6) is 0 Å². The number of hydrogen-bond donors (Lipinski definition) is 3. The van der Waals surface area contributed by atoms with E-state index in [2.05, 4.69) is 10.5 Å². The van der Waals surface area contributed by atoms with Gasteiger partial charge in [-0.1, -0.05) is 0 Å². The summed E-state index contributed by atoms with van der Waals surface area (Å²) in [6.07, 6.45) is -0.833. The van der Waals surface area contributed by atoms with Crippen molar-refractivity contribution in [1.82, 2.24) is 5.48 Å². The van der Waals surface area contributed by atoms with E-state index in [1.54, 1.807) is 5.48 Å². The number of nitrogens with two attached hydrogens (primary N) is 1.